The van der Waals surface area contributed by atoms with Gasteiger partial charge in [0.05, 0.1) is 12.7 Å². The third-order valence-electron chi connectivity index (χ3n) is 4.49. The van der Waals surface area contributed by atoms with E-state index in [-0.39, 0.29) is 5.91 Å². The van der Waals surface area contributed by atoms with Gasteiger partial charge in [-0.1, -0.05) is 17.3 Å². The number of pyridine rings is 1. The van der Waals surface area contributed by atoms with Crippen LogP contribution in [-0.2, 0) is 0 Å². The van der Waals surface area contributed by atoms with E-state index in [0.717, 1.165) is 11.3 Å². The summed E-state index contributed by atoms with van der Waals surface area (Å²) in [6.07, 6.45) is 3.25. The Morgan fingerprint density at radius 2 is 2.00 bits per heavy atom. The molecule has 0 spiro atoms. The molecule has 0 aliphatic carbocycles. The van der Waals surface area contributed by atoms with Gasteiger partial charge in [0.25, 0.3) is 5.91 Å². The Morgan fingerprint density at radius 3 is 2.74 bits per heavy atom. The second kappa shape index (κ2) is 7.45. The number of piperazine rings is 1. The Labute approximate surface area is 156 Å². The predicted molar refractivity (Wildman–Crippen MR) is 98.6 cm³/mol. The second-order valence-corrected chi connectivity index (χ2v) is 6.15. The summed E-state index contributed by atoms with van der Waals surface area (Å²) >= 11 is 0. The highest BCUT2D eigenvalue weighted by Crippen LogP contribution is 2.24. The summed E-state index contributed by atoms with van der Waals surface area (Å²) in [4.78, 5) is 24.8. The molecule has 27 heavy (non-hydrogen) atoms. The molecule has 4 rings (SSSR count). The molecule has 0 radical (unpaired) electrons. The smallest absolute Gasteiger partial charge is 0.324 e. The van der Waals surface area contributed by atoms with Gasteiger partial charge >= 0.3 is 6.01 Å². The molecular formula is C19H19N5O3. The van der Waals surface area contributed by atoms with E-state index in [9.17, 15) is 4.79 Å². The Morgan fingerprint density at radius 1 is 1.15 bits per heavy atom. The van der Waals surface area contributed by atoms with Crippen molar-refractivity contribution in [2.24, 2.45) is 0 Å². The van der Waals surface area contributed by atoms with E-state index in [1.54, 1.807) is 31.6 Å². The van der Waals surface area contributed by atoms with Crippen LogP contribution in [0.3, 0.4) is 0 Å². The summed E-state index contributed by atoms with van der Waals surface area (Å²) in [5, 5.41) is 4.07. The van der Waals surface area contributed by atoms with Crippen LogP contribution >= 0.6 is 0 Å². The lowest BCUT2D eigenvalue weighted by Crippen LogP contribution is -2.49. The maximum Gasteiger partial charge on any atom is 0.324 e. The number of nitrogens with zero attached hydrogens (tertiary/aromatic N) is 5. The summed E-state index contributed by atoms with van der Waals surface area (Å²) in [6.45, 7) is 2.44. The van der Waals surface area contributed by atoms with Crippen molar-refractivity contribution in [1.82, 2.24) is 20.0 Å². The number of ether oxygens (including phenoxy) is 1. The number of amides is 1. The van der Waals surface area contributed by atoms with Crippen LogP contribution in [-0.4, -0.2) is 59.2 Å². The van der Waals surface area contributed by atoms with Crippen LogP contribution in [0.4, 0.5) is 6.01 Å². The number of aromatic nitrogens is 3. The number of benzene rings is 1. The molecule has 1 amide bonds. The van der Waals surface area contributed by atoms with Gasteiger partial charge in [0.1, 0.15) is 5.75 Å². The standard InChI is InChI=1S/C19H19N5O3/c1-26-16-6-2-4-14(12-16)17-21-19(27-22-17)24-10-8-23(9-11-24)18(25)15-5-3-7-20-13-15/h2-7,12-13H,8-11H2,1H3. The van der Waals surface area contributed by atoms with Crippen LogP contribution in [0.15, 0.2) is 53.3 Å². The molecule has 3 aromatic rings. The molecule has 1 aromatic carbocycles. The van der Waals surface area contributed by atoms with Crippen molar-refractivity contribution in [2.45, 2.75) is 0 Å². The van der Waals surface area contributed by atoms with Crippen LogP contribution < -0.4 is 9.64 Å². The first-order valence-corrected chi connectivity index (χ1v) is 8.67. The highest BCUT2D eigenvalue weighted by Gasteiger charge is 2.25. The molecule has 0 atom stereocenters. The van der Waals surface area contributed by atoms with Crippen LogP contribution in [0.1, 0.15) is 10.4 Å². The topological polar surface area (TPSA) is 84.6 Å². The minimum atomic E-state index is -0.00894. The Bertz CT molecular complexity index is 920. The molecule has 2 aromatic heterocycles. The van der Waals surface area contributed by atoms with Gasteiger partial charge < -0.3 is 19.1 Å². The van der Waals surface area contributed by atoms with E-state index in [1.807, 2.05) is 34.1 Å². The summed E-state index contributed by atoms with van der Waals surface area (Å²) in [5.74, 6) is 1.24. The minimum absolute atomic E-state index is 0.00894. The number of rotatable bonds is 4. The third kappa shape index (κ3) is 3.59. The quantitative estimate of drug-likeness (QED) is 0.700. The zero-order chi connectivity index (χ0) is 18.6. The van der Waals surface area contributed by atoms with Gasteiger partial charge in [-0.3, -0.25) is 9.78 Å². The average molecular weight is 365 g/mol. The molecule has 8 nitrogen and oxygen atoms in total. The molecule has 0 saturated carbocycles. The van der Waals surface area contributed by atoms with Crippen molar-refractivity contribution in [3.05, 3.63) is 54.4 Å². The normalized spacial score (nSPS) is 14.3. The number of anilines is 1. The molecular weight excluding hydrogens is 346 g/mol. The Hall–Kier alpha value is -3.42. The van der Waals surface area contributed by atoms with E-state index in [2.05, 4.69) is 15.1 Å². The lowest BCUT2D eigenvalue weighted by molar-refractivity contribution is 0.0744. The maximum atomic E-state index is 12.5. The summed E-state index contributed by atoms with van der Waals surface area (Å²) < 4.78 is 10.7. The van der Waals surface area contributed by atoms with Crippen LogP contribution in [0.5, 0.6) is 5.75 Å². The number of carbonyl (C=O) groups excluding carboxylic acids is 1. The van der Waals surface area contributed by atoms with E-state index < -0.39 is 0 Å². The van der Waals surface area contributed by atoms with Gasteiger partial charge in [-0.15, -0.1) is 0 Å². The molecule has 1 fully saturated rings. The van der Waals surface area contributed by atoms with Gasteiger partial charge in [0.15, 0.2) is 0 Å². The summed E-state index contributed by atoms with van der Waals surface area (Å²) in [7, 11) is 1.62. The maximum absolute atomic E-state index is 12.5. The van der Waals surface area contributed by atoms with E-state index in [4.69, 9.17) is 9.26 Å². The lowest BCUT2D eigenvalue weighted by atomic mass is 10.2. The first-order valence-electron chi connectivity index (χ1n) is 8.67. The molecule has 0 N–H and O–H groups in total. The fraction of sp³-hybridized carbons (Fsp3) is 0.263. The van der Waals surface area contributed by atoms with Crippen molar-refractivity contribution in [3.8, 4) is 17.1 Å². The van der Waals surface area contributed by atoms with Crippen molar-refractivity contribution in [2.75, 3.05) is 38.2 Å². The Kier molecular flexibility index (Phi) is 4.69. The predicted octanol–water partition coefficient (Wildman–Crippen LogP) is 2.10. The Balaban J connectivity index is 1.41. The third-order valence-corrected chi connectivity index (χ3v) is 4.49. The molecule has 0 bridgehead atoms. The van der Waals surface area contributed by atoms with E-state index >= 15 is 0 Å². The van der Waals surface area contributed by atoms with Crippen molar-refractivity contribution in [3.63, 3.8) is 0 Å². The zero-order valence-electron chi connectivity index (χ0n) is 14.9. The number of hydrogen-bond acceptors (Lipinski definition) is 7. The number of carbonyl (C=O) groups is 1. The fourth-order valence-corrected chi connectivity index (χ4v) is 3.00. The molecule has 1 aliphatic rings. The SMILES string of the molecule is COc1cccc(-c2noc(N3CCN(C(=O)c4cccnc4)CC3)n2)c1. The molecule has 8 heteroatoms. The highest BCUT2D eigenvalue weighted by molar-refractivity contribution is 5.94. The molecule has 0 unspecified atom stereocenters. The summed E-state index contributed by atoms with van der Waals surface area (Å²) in [5.41, 5.74) is 1.43. The van der Waals surface area contributed by atoms with Crippen molar-refractivity contribution >= 4 is 11.9 Å². The largest absolute Gasteiger partial charge is 0.497 e. The van der Waals surface area contributed by atoms with Gasteiger partial charge in [-0.25, -0.2) is 0 Å². The number of hydrogen-bond donors (Lipinski definition) is 0. The molecule has 3 heterocycles. The van der Waals surface area contributed by atoms with E-state index in [0.29, 0.717) is 43.6 Å². The minimum Gasteiger partial charge on any atom is -0.497 e. The van der Waals surface area contributed by atoms with Crippen LogP contribution in [0.25, 0.3) is 11.4 Å². The summed E-state index contributed by atoms with van der Waals surface area (Å²) in [6, 6.07) is 11.5. The monoisotopic (exact) mass is 365 g/mol. The lowest BCUT2D eigenvalue weighted by Gasteiger charge is -2.33. The molecule has 1 saturated heterocycles. The first-order chi connectivity index (χ1) is 13.2. The fourth-order valence-electron chi connectivity index (χ4n) is 3.00. The van der Waals surface area contributed by atoms with Gasteiger partial charge in [-0.2, -0.15) is 4.98 Å². The molecule has 1 aliphatic heterocycles. The highest BCUT2D eigenvalue weighted by atomic mass is 16.5. The van der Waals surface area contributed by atoms with E-state index in [1.165, 1.54) is 0 Å². The van der Waals surface area contributed by atoms with Gasteiger partial charge in [-0.05, 0) is 24.3 Å². The van der Waals surface area contributed by atoms with Crippen molar-refractivity contribution < 1.29 is 14.1 Å². The number of methoxy groups -OCH3 is 1. The van der Waals surface area contributed by atoms with Crippen molar-refractivity contribution in [1.29, 1.82) is 0 Å². The first kappa shape index (κ1) is 17.0. The second-order valence-electron chi connectivity index (χ2n) is 6.15. The zero-order valence-corrected chi connectivity index (χ0v) is 14.9. The molecule has 138 valence electrons. The van der Waals surface area contributed by atoms with Gasteiger partial charge in [0.2, 0.25) is 5.82 Å². The van der Waals surface area contributed by atoms with Crippen LogP contribution in [0.2, 0.25) is 0 Å². The van der Waals surface area contributed by atoms with Gasteiger partial charge in [0, 0.05) is 44.1 Å². The average Bonchev–Trinajstić information content (AvgIpc) is 3.24. The van der Waals surface area contributed by atoms with Crippen LogP contribution in [0, 0.1) is 0 Å².